The van der Waals surface area contributed by atoms with E-state index >= 15 is 0 Å². The van der Waals surface area contributed by atoms with E-state index in [9.17, 15) is 19.7 Å². The Bertz CT molecular complexity index is 854. The van der Waals surface area contributed by atoms with Gasteiger partial charge in [0.1, 0.15) is 4.92 Å². The summed E-state index contributed by atoms with van der Waals surface area (Å²) < 4.78 is 4.93. The molecule has 0 unspecified atom stereocenters. The van der Waals surface area contributed by atoms with Gasteiger partial charge in [-0.3, -0.25) is 19.7 Å². The molecule has 1 aromatic carbocycles. The molecule has 10 heteroatoms. The largest absolute Gasteiger partial charge is 0.433 e. The summed E-state index contributed by atoms with van der Waals surface area (Å²) >= 11 is 11.8. The minimum absolute atomic E-state index is 0.0990. The highest BCUT2D eigenvalue weighted by Gasteiger charge is 2.28. The summed E-state index contributed by atoms with van der Waals surface area (Å²) in [6.45, 7) is 1.20. The first kappa shape index (κ1) is 18.2. The van der Waals surface area contributed by atoms with Crippen molar-refractivity contribution < 1.29 is 18.9 Å². The van der Waals surface area contributed by atoms with Crippen molar-refractivity contribution in [3.05, 3.63) is 61.8 Å². The minimum Gasteiger partial charge on any atom is -0.395 e. The summed E-state index contributed by atoms with van der Waals surface area (Å²) in [5.41, 5.74) is 0.379. The molecule has 0 aliphatic carbocycles. The van der Waals surface area contributed by atoms with Gasteiger partial charge in [-0.2, -0.15) is 0 Å². The van der Waals surface area contributed by atoms with Crippen LogP contribution in [0.5, 0.6) is 0 Å². The Labute approximate surface area is 158 Å². The average Bonchev–Trinajstić information content (AvgIpc) is 3.10. The number of piperazine rings is 1. The molecule has 3 rings (SSSR count). The quantitative estimate of drug-likeness (QED) is 0.585. The van der Waals surface area contributed by atoms with Crippen molar-refractivity contribution in [2.24, 2.45) is 0 Å². The van der Waals surface area contributed by atoms with Gasteiger partial charge in [-0.25, -0.2) is 0 Å². The van der Waals surface area contributed by atoms with Gasteiger partial charge in [0.2, 0.25) is 0 Å². The van der Waals surface area contributed by atoms with E-state index in [2.05, 4.69) is 0 Å². The number of benzene rings is 1. The molecule has 1 fully saturated rings. The lowest BCUT2D eigenvalue weighted by molar-refractivity contribution is -0.402. The summed E-state index contributed by atoms with van der Waals surface area (Å²) in [4.78, 5) is 37.9. The second kappa shape index (κ2) is 7.35. The van der Waals surface area contributed by atoms with Crippen LogP contribution in [0.1, 0.15) is 20.9 Å². The Morgan fingerprint density at radius 1 is 0.962 bits per heavy atom. The van der Waals surface area contributed by atoms with Gasteiger partial charge in [0.25, 0.3) is 11.8 Å². The molecule has 0 spiro atoms. The molecular weight excluding hydrogens is 385 g/mol. The number of hydrogen-bond acceptors (Lipinski definition) is 5. The molecule has 8 nitrogen and oxygen atoms in total. The number of nitro groups is 1. The smallest absolute Gasteiger partial charge is 0.395 e. The summed E-state index contributed by atoms with van der Waals surface area (Å²) in [6, 6.07) is 7.02. The van der Waals surface area contributed by atoms with Crippen molar-refractivity contribution in [2.75, 3.05) is 26.2 Å². The lowest BCUT2D eigenvalue weighted by atomic mass is 10.1. The maximum absolute atomic E-state index is 12.5. The molecule has 2 aromatic rings. The SMILES string of the molecule is O=C(c1cc(Cl)cc(Cl)c1)N1CCN(C(=O)c2ccc([N+](=O)[O-])o2)CC1. The van der Waals surface area contributed by atoms with Crippen molar-refractivity contribution in [3.8, 4) is 0 Å². The summed E-state index contributed by atoms with van der Waals surface area (Å²) in [5.74, 6) is -1.26. The number of furan rings is 1. The van der Waals surface area contributed by atoms with Crippen LogP contribution >= 0.6 is 23.2 Å². The van der Waals surface area contributed by atoms with Crippen molar-refractivity contribution in [1.82, 2.24) is 9.80 Å². The molecule has 0 radical (unpaired) electrons. The van der Waals surface area contributed by atoms with Gasteiger partial charge in [-0.15, -0.1) is 0 Å². The van der Waals surface area contributed by atoms with Crippen LogP contribution in [0.2, 0.25) is 10.0 Å². The molecule has 1 aliphatic rings. The molecule has 136 valence electrons. The van der Waals surface area contributed by atoms with Gasteiger partial charge in [0, 0.05) is 41.8 Å². The van der Waals surface area contributed by atoms with Crippen molar-refractivity contribution in [3.63, 3.8) is 0 Å². The van der Waals surface area contributed by atoms with Crippen molar-refractivity contribution in [1.29, 1.82) is 0 Å². The maximum atomic E-state index is 12.5. The van der Waals surface area contributed by atoms with Crippen LogP contribution in [-0.4, -0.2) is 52.7 Å². The predicted molar refractivity (Wildman–Crippen MR) is 93.6 cm³/mol. The topological polar surface area (TPSA) is 96.9 Å². The molecule has 2 heterocycles. The van der Waals surface area contributed by atoms with Crippen molar-refractivity contribution in [2.45, 2.75) is 0 Å². The number of nitrogens with zero attached hydrogens (tertiary/aromatic N) is 3. The van der Waals surface area contributed by atoms with E-state index in [1.807, 2.05) is 0 Å². The van der Waals surface area contributed by atoms with E-state index in [1.165, 1.54) is 23.1 Å². The molecule has 0 saturated carbocycles. The zero-order chi connectivity index (χ0) is 18.8. The van der Waals surface area contributed by atoms with E-state index in [0.717, 1.165) is 6.07 Å². The standard InChI is InChI=1S/C16H13Cl2N3O5/c17-11-7-10(8-12(18)9-11)15(22)19-3-5-20(6-4-19)16(23)13-1-2-14(26-13)21(24)25/h1-2,7-9H,3-6H2. The Hall–Kier alpha value is -2.58. The zero-order valence-electron chi connectivity index (χ0n) is 13.4. The molecule has 0 bridgehead atoms. The van der Waals surface area contributed by atoms with Gasteiger partial charge in [-0.1, -0.05) is 23.2 Å². The lowest BCUT2D eigenvalue weighted by Gasteiger charge is -2.34. The first-order chi connectivity index (χ1) is 12.3. The number of amides is 2. The van der Waals surface area contributed by atoms with E-state index in [1.54, 1.807) is 11.0 Å². The number of hydrogen-bond donors (Lipinski definition) is 0. The summed E-state index contributed by atoms with van der Waals surface area (Å²) in [6.07, 6.45) is 0. The Balaban J connectivity index is 1.63. The van der Waals surface area contributed by atoms with Crippen LogP contribution in [0.4, 0.5) is 5.88 Å². The molecule has 0 N–H and O–H groups in total. The second-order valence-corrected chi connectivity index (χ2v) is 6.51. The average molecular weight is 398 g/mol. The number of carbonyl (C=O) groups excluding carboxylic acids is 2. The minimum atomic E-state index is -0.705. The molecular formula is C16H13Cl2N3O5. The monoisotopic (exact) mass is 397 g/mol. The number of halogens is 2. The van der Waals surface area contributed by atoms with E-state index in [-0.39, 0.29) is 24.8 Å². The first-order valence-electron chi connectivity index (χ1n) is 7.64. The van der Waals surface area contributed by atoms with Crippen LogP contribution in [0.15, 0.2) is 34.7 Å². The molecule has 1 saturated heterocycles. The van der Waals surface area contributed by atoms with Gasteiger partial charge in [0.05, 0.1) is 6.07 Å². The first-order valence-corrected chi connectivity index (χ1v) is 8.39. The fraction of sp³-hybridized carbons (Fsp3) is 0.250. The molecule has 1 aromatic heterocycles. The van der Waals surface area contributed by atoms with Gasteiger partial charge in [-0.05, 0) is 24.3 Å². The highest BCUT2D eigenvalue weighted by atomic mass is 35.5. The van der Waals surface area contributed by atoms with Crippen LogP contribution in [0, 0.1) is 10.1 Å². The van der Waals surface area contributed by atoms with Gasteiger partial charge >= 0.3 is 5.88 Å². The van der Waals surface area contributed by atoms with E-state index in [0.29, 0.717) is 28.7 Å². The third kappa shape index (κ3) is 3.81. The Morgan fingerprint density at radius 2 is 1.50 bits per heavy atom. The number of carbonyl (C=O) groups is 2. The molecule has 2 amide bonds. The third-order valence-corrected chi connectivity index (χ3v) is 4.38. The van der Waals surface area contributed by atoms with Gasteiger partial charge < -0.3 is 14.2 Å². The van der Waals surface area contributed by atoms with Gasteiger partial charge in [0.15, 0.2) is 5.76 Å². The maximum Gasteiger partial charge on any atom is 0.433 e. The fourth-order valence-electron chi connectivity index (χ4n) is 2.67. The van der Waals surface area contributed by atoms with Crippen LogP contribution < -0.4 is 0 Å². The Kier molecular flexibility index (Phi) is 5.15. The van der Waals surface area contributed by atoms with Crippen LogP contribution in [-0.2, 0) is 0 Å². The zero-order valence-corrected chi connectivity index (χ0v) is 14.9. The molecule has 26 heavy (non-hydrogen) atoms. The highest BCUT2D eigenvalue weighted by Crippen LogP contribution is 2.21. The van der Waals surface area contributed by atoms with E-state index < -0.39 is 16.7 Å². The fourth-order valence-corrected chi connectivity index (χ4v) is 3.20. The molecule has 1 aliphatic heterocycles. The normalized spacial score (nSPS) is 14.4. The number of rotatable bonds is 3. The summed E-state index contributed by atoms with van der Waals surface area (Å²) in [5, 5.41) is 11.4. The van der Waals surface area contributed by atoms with E-state index in [4.69, 9.17) is 27.6 Å². The second-order valence-electron chi connectivity index (χ2n) is 5.64. The lowest BCUT2D eigenvalue weighted by Crippen LogP contribution is -2.50. The summed E-state index contributed by atoms with van der Waals surface area (Å²) in [7, 11) is 0. The van der Waals surface area contributed by atoms with Crippen LogP contribution in [0.25, 0.3) is 0 Å². The van der Waals surface area contributed by atoms with Crippen molar-refractivity contribution >= 4 is 40.9 Å². The predicted octanol–water partition coefficient (Wildman–Crippen LogP) is 3.09. The highest BCUT2D eigenvalue weighted by molar-refractivity contribution is 6.35. The Morgan fingerprint density at radius 3 is 2.00 bits per heavy atom. The third-order valence-electron chi connectivity index (χ3n) is 3.95. The molecule has 0 atom stereocenters. The van der Waals surface area contributed by atoms with Crippen LogP contribution in [0.3, 0.4) is 0 Å².